The molecule has 1 aromatic heterocycles. The Morgan fingerprint density at radius 2 is 1.94 bits per heavy atom. The average molecular weight is 315 g/mol. The quantitative estimate of drug-likeness (QED) is 0.929. The largest absolute Gasteiger partial charge is 0.432 e. The first-order valence-corrected chi connectivity index (χ1v) is 5.68. The third-order valence-electron chi connectivity index (χ3n) is 2.15. The number of hydrogen-bond acceptors (Lipinski definition) is 2. The van der Waals surface area contributed by atoms with Crippen molar-refractivity contribution in [2.24, 2.45) is 0 Å². The van der Waals surface area contributed by atoms with Crippen LogP contribution < -0.4 is 11.2 Å². The topological polar surface area (TPSA) is 54.9 Å². The summed E-state index contributed by atoms with van der Waals surface area (Å²) in [6.07, 6.45) is -3.49. The van der Waals surface area contributed by atoms with Crippen LogP contribution in [-0.4, -0.2) is 9.55 Å². The number of halogens is 4. The van der Waals surface area contributed by atoms with Gasteiger partial charge in [-0.15, -0.1) is 0 Å². The van der Waals surface area contributed by atoms with Gasteiger partial charge in [0.15, 0.2) is 0 Å². The lowest BCUT2D eigenvalue weighted by atomic mass is 10.3. The van der Waals surface area contributed by atoms with Crippen LogP contribution in [-0.2, 0) is 12.7 Å². The third-order valence-corrected chi connectivity index (χ3v) is 2.88. The van der Waals surface area contributed by atoms with Crippen molar-refractivity contribution in [3.63, 3.8) is 0 Å². The molecule has 8 heteroatoms. The number of aromatic amines is 1. The van der Waals surface area contributed by atoms with E-state index < -0.39 is 27.6 Å². The van der Waals surface area contributed by atoms with Crippen LogP contribution in [0, 0.1) is 0 Å². The molecule has 0 spiro atoms. The van der Waals surface area contributed by atoms with Crippen LogP contribution in [0.2, 0.25) is 0 Å². The lowest BCUT2D eigenvalue weighted by Gasteiger charge is -2.10. The molecule has 1 heterocycles. The number of rotatable bonds is 3. The van der Waals surface area contributed by atoms with Gasteiger partial charge in [0, 0.05) is 6.54 Å². The molecule has 1 aromatic rings. The van der Waals surface area contributed by atoms with Gasteiger partial charge in [-0.3, -0.25) is 9.36 Å². The maximum atomic E-state index is 12.4. The van der Waals surface area contributed by atoms with Crippen LogP contribution in [0.25, 0.3) is 0 Å². The molecule has 0 bridgehead atoms. The SMILES string of the molecule is CCCCn1c(=O)[nH]c(C(F)(F)F)c(Br)c1=O. The first kappa shape index (κ1) is 14.0. The molecule has 0 fully saturated rings. The summed E-state index contributed by atoms with van der Waals surface area (Å²) >= 11 is 2.57. The molecular weight excluding hydrogens is 305 g/mol. The number of nitrogens with one attached hydrogen (secondary N) is 1. The molecular formula is C9H10BrF3N2O2. The molecule has 0 saturated heterocycles. The molecule has 17 heavy (non-hydrogen) atoms. The fourth-order valence-corrected chi connectivity index (χ4v) is 1.80. The van der Waals surface area contributed by atoms with Crippen molar-refractivity contribution in [2.45, 2.75) is 32.5 Å². The summed E-state index contributed by atoms with van der Waals surface area (Å²) in [6, 6.07) is 0. The molecule has 1 N–H and O–H groups in total. The lowest BCUT2D eigenvalue weighted by Crippen LogP contribution is -2.38. The van der Waals surface area contributed by atoms with Crippen molar-refractivity contribution < 1.29 is 13.2 Å². The summed E-state index contributed by atoms with van der Waals surface area (Å²) in [7, 11) is 0. The standard InChI is InChI=1S/C9H10BrF3N2O2/c1-2-3-4-15-7(16)5(10)6(9(11,12)13)14-8(15)17/h2-4H2,1H3,(H,14,17). The fraction of sp³-hybridized carbons (Fsp3) is 0.556. The van der Waals surface area contributed by atoms with Gasteiger partial charge in [0.25, 0.3) is 5.56 Å². The Morgan fingerprint density at radius 3 is 2.41 bits per heavy atom. The summed E-state index contributed by atoms with van der Waals surface area (Å²) in [5.41, 5.74) is -3.35. The second-order valence-corrected chi connectivity index (χ2v) is 4.22. The summed E-state index contributed by atoms with van der Waals surface area (Å²) in [5, 5.41) is 0. The van der Waals surface area contributed by atoms with Gasteiger partial charge in [-0.2, -0.15) is 13.2 Å². The second-order valence-electron chi connectivity index (χ2n) is 3.43. The molecule has 0 aliphatic rings. The van der Waals surface area contributed by atoms with E-state index in [1.807, 2.05) is 6.92 Å². The molecule has 0 saturated carbocycles. The van der Waals surface area contributed by atoms with Crippen molar-refractivity contribution in [3.8, 4) is 0 Å². The van der Waals surface area contributed by atoms with E-state index in [1.165, 1.54) is 0 Å². The minimum atomic E-state index is -4.76. The number of nitrogens with zero attached hydrogens (tertiary/aromatic N) is 1. The van der Waals surface area contributed by atoms with Gasteiger partial charge in [-0.05, 0) is 22.4 Å². The minimum absolute atomic E-state index is 0.0986. The van der Waals surface area contributed by atoms with E-state index in [4.69, 9.17) is 0 Å². The molecule has 0 atom stereocenters. The zero-order valence-corrected chi connectivity index (χ0v) is 10.5. The molecule has 96 valence electrons. The Bertz CT molecular complexity index is 518. The average Bonchev–Trinajstić information content (AvgIpc) is 2.22. The second kappa shape index (κ2) is 5.07. The van der Waals surface area contributed by atoms with E-state index in [0.29, 0.717) is 6.42 Å². The lowest BCUT2D eigenvalue weighted by molar-refractivity contribution is -0.142. The molecule has 0 unspecified atom stereocenters. The predicted octanol–water partition coefficient (Wildman–Crippen LogP) is 2.12. The van der Waals surface area contributed by atoms with Crippen LogP contribution in [0.1, 0.15) is 25.5 Å². The molecule has 4 nitrogen and oxygen atoms in total. The Morgan fingerprint density at radius 1 is 1.35 bits per heavy atom. The number of aromatic nitrogens is 2. The highest BCUT2D eigenvalue weighted by Gasteiger charge is 2.36. The van der Waals surface area contributed by atoms with E-state index in [2.05, 4.69) is 15.9 Å². The van der Waals surface area contributed by atoms with Gasteiger partial charge >= 0.3 is 11.9 Å². The van der Waals surface area contributed by atoms with E-state index >= 15 is 0 Å². The predicted molar refractivity (Wildman–Crippen MR) is 58.9 cm³/mol. The van der Waals surface area contributed by atoms with Crippen LogP contribution in [0.3, 0.4) is 0 Å². The van der Waals surface area contributed by atoms with Gasteiger partial charge in [-0.1, -0.05) is 13.3 Å². The van der Waals surface area contributed by atoms with E-state index in [-0.39, 0.29) is 6.54 Å². The minimum Gasteiger partial charge on any atom is -0.302 e. The van der Waals surface area contributed by atoms with Crippen molar-refractivity contribution in [1.29, 1.82) is 0 Å². The Kier molecular flexibility index (Phi) is 4.18. The molecule has 1 rings (SSSR count). The maximum Gasteiger partial charge on any atom is 0.432 e. The first-order chi connectivity index (χ1) is 7.79. The van der Waals surface area contributed by atoms with Crippen molar-refractivity contribution >= 4 is 15.9 Å². The smallest absolute Gasteiger partial charge is 0.302 e. The molecule has 0 amide bonds. The number of unbranched alkanes of at least 4 members (excludes halogenated alkanes) is 1. The third kappa shape index (κ3) is 2.99. The summed E-state index contributed by atoms with van der Waals surface area (Å²) in [6.45, 7) is 1.94. The van der Waals surface area contributed by atoms with Crippen molar-refractivity contribution in [2.75, 3.05) is 0 Å². The normalized spacial score (nSPS) is 11.8. The highest BCUT2D eigenvalue weighted by molar-refractivity contribution is 9.10. The number of H-pyrrole nitrogens is 1. The van der Waals surface area contributed by atoms with E-state index in [9.17, 15) is 22.8 Å². The monoisotopic (exact) mass is 314 g/mol. The molecule has 0 aliphatic heterocycles. The molecule has 0 aromatic carbocycles. The Balaban J connectivity index is 3.38. The molecule has 0 radical (unpaired) electrons. The van der Waals surface area contributed by atoms with E-state index in [0.717, 1.165) is 11.0 Å². The summed E-state index contributed by atoms with van der Waals surface area (Å²) < 4.78 is 37.4. The zero-order valence-electron chi connectivity index (χ0n) is 8.90. The van der Waals surface area contributed by atoms with Gasteiger partial charge in [0.1, 0.15) is 10.2 Å². The number of hydrogen-bond donors (Lipinski definition) is 1. The van der Waals surface area contributed by atoms with Gasteiger partial charge in [0.05, 0.1) is 0 Å². The molecule has 0 aliphatic carbocycles. The van der Waals surface area contributed by atoms with Crippen LogP contribution in [0.5, 0.6) is 0 Å². The van der Waals surface area contributed by atoms with Gasteiger partial charge in [-0.25, -0.2) is 4.79 Å². The Hall–Kier alpha value is -1.05. The first-order valence-electron chi connectivity index (χ1n) is 4.88. The maximum absolute atomic E-state index is 12.4. The fourth-order valence-electron chi connectivity index (χ4n) is 1.26. The van der Waals surface area contributed by atoms with E-state index in [1.54, 1.807) is 4.98 Å². The van der Waals surface area contributed by atoms with Crippen LogP contribution in [0.4, 0.5) is 13.2 Å². The van der Waals surface area contributed by atoms with Crippen molar-refractivity contribution in [3.05, 3.63) is 31.0 Å². The highest BCUT2D eigenvalue weighted by atomic mass is 79.9. The summed E-state index contributed by atoms with van der Waals surface area (Å²) in [5.74, 6) is 0. The number of alkyl halides is 3. The zero-order chi connectivity index (χ0) is 13.2. The van der Waals surface area contributed by atoms with Crippen LogP contribution >= 0.6 is 15.9 Å². The van der Waals surface area contributed by atoms with Gasteiger partial charge < -0.3 is 4.98 Å². The van der Waals surface area contributed by atoms with Crippen molar-refractivity contribution in [1.82, 2.24) is 9.55 Å². The summed E-state index contributed by atoms with van der Waals surface area (Å²) in [4.78, 5) is 24.6. The van der Waals surface area contributed by atoms with Crippen LogP contribution in [0.15, 0.2) is 14.1 Å². The highest BCUT2D eigenvalue weighted by Crippen LogP contribution is 2.30. The van der Waals surface area contributed by atoms with Gasteiger partial charge in [0.2, 0.25) is 0 Å². The Labute approximate surface area is 103 Å².